The zero-order valence-electron chi connectivity index (χ0n) is 15.4. The van der Waals surface area contributed by atoms with E-state index in [0.717, 1.165) is 16.7 Å². The van der Waals surface area contributed by atoms with Crippen molar-refractivity contribution in [2.75, 3.05) is 23.7 Å². The van der Waals surface area contributed by atoms with Crippen molar-refractivity contribution in [3.05, 3.63) is 46.0 Å². The minimum atomic E-state index is -4.39. The minimum absolute atomic E-state index is 0.0594. The predicted molar refractivity (Wildman–Crippen MR) is 114 cm³/mol. The first-order chi connectivity index (χ1) is 14.0. The highest BCUT2D eigenvalue weighted by Gasteiger charge is 2.32. The van der Waals surface area contributed by atoms with Gasteiger partial charge in [-0.25, -0.2) is 8.42 Å². The standard InChI is InChI=1S/C17H16N2O7S4/c1-10(8-12-15(22)19(9-14(20)21)17(27)29-12)2-3-13-18(5-7-30(23,24)25)11-4-6-28-16(11)26-13/h2-4,6,8H,5,7,9H2,1H3,(H,20,21)(H,23,24,25)/p-2/b10-2+,12-8+,13-3-. The Bertz CT molecular complexity index is 1100. The molecule has 1 aromatic heterocycles. The van der Waals surface area contributed by atoms with Gasteiger partial charge < -0.3 is 24.1 Å². The maximum absolute atomic E-state index is 12.3. The molecule has 1 aromatic rings. The second kappa shape index (κ2) is 8.89. The summed E-state index contributed by atoms with van der Waals surface area (Å²) in [5.74, 6) is -2.16. The van der Waals surface area contributed by atoms with Crippen LogP contribution in [0, 0.1) is 0 Å². The number of hydrogen-bond donors (Lipinski definition) is 0. The number of thiocarbonyl (C=S) groups is 1. The molecular weight excluding hydrogens is 472 g/mol. The normalized spacial score (nSPS) is 19.7. The Balaban J connectivity index is 1.78. The number of amides is 1. The highest BCUT2D eigenvalue weighted by atomic mass is 32.2. The Morgan fingerprint density at radius 2 is 2.10 bits per heavy atom. The monoisotopic (exact) mass is 486 g/mol. The predicted octanol–water partition coefficient (Wildman–Crippen LogP) is 0.774. The zero-order chi connectivity index (χ0) is 22.1. The van der Waals surface area contributed by atoms with Crippen LogP contribution in [-0.2, 0) is 19.7 Å². The summed E-state index contributed by atoms with van der Waals surface area (Å²) < 4.78 is 38.9. The number of allylic oxidation sites excluding steroid dienone is 4. The molecule has 0 bridgehead atoms. The molecule has 0 radical (unpaired) electrons. The number of rotatable bonds is 7. The molecule has 2 aliphatic rings. The van der Waals surface area contributed by atoms with Gasteiger partial charge in [0.05, 0.1) is 39.0 Å². The first-order valence-electron chi connectivity index (χ1n) is 8.35. The smallest absolute Gasteiger partial charge is 0.266 e. The quantitative estimate of drug-likeness (QED) is 0.309. The van der Waals surface area contributed by atoms with Gasteiger partial charge in [-0.3, -0.25) is 9.69 Å². The number of hydrogen-bond acceptors (Lipinski definition) is 11. The van der Waals surface area contributed by atoms with Crippen LogP contribution < -0.4 is 14.7 Å². The largest absolute Gasteiger partial charge is 0.748 e. The molecular formula is C17H14N2O7S4-2. The highest BCUT2D eigenvalue weighted by molar-refractivity contribution is 8.26. The number of carbonyl (C=O) groups is 2. The van der Waals surface area contributed by atoms with Crippen LogP contribution in [0.4, 0.5) is 5.69 Å². The Morgan fingerprint density at radius 3 is 2.77 bits per heavy atom. The van der Waals surface area contributed by atoms with Crippen molar-refractivity contribution in [3.8, 4) is 5.06 Å². The summed E-state index contributed by atoms with van der Waals surface area (Å²) in [6.45, 7) is 1.05. The third-order valence-electron chi connectivity index (χ3n) is 3.94. The van der Waals surface area contributed by atoms with E-state index in [-0.39, 0.29) is 15.8 Å². The minimum Gasteiger partial charge on any atom is -0.748 e. The number of carboxylic acid groups (broad SMARTS) is 1. The SMILES string of the molecule is CC(=C\C=C1/Oc2sccc2N1CCS(=O)(=O)[O-])/C=C1/SC(=S)N(CC(=O)[O-])C1=O. The number of fused-ring (bicyclic) bond motifs is 1. The summed E-state index contributed by atoms with van der Waals surface area (Å²) in [5.41, 5.74) is 1.32. The van der Waals surface area contributed by atoms with Crippen LogP contribution in [0.5, 0.6) is 5.06 Å². The lowest BCUT2D eigenvalue weighted by Gasteiger charge is -2.18. The molecule has 9 nitrogen and oxygen atoms in total. The number of ether oxygens (including phenoxy) is 1. The average Bonchev–Trinajstić information content (AvgIpc) is 3.27. The van der Waals surface area contributed by atoms with Crippen molar-refractivity contribution in [2.24, 2.45) is 0 Å². The first kappa shape index (κ1) is 22.5. The van der Waals surface area contributed by atoms with Crippen molar-refractivity contribution < 1.29 is 32.4 Å². The Kier molecular flexibility index (Phi) is 6.67. The van der Waals surface area contributed by atoms with Crippen molar-refractivity contribution in [2.45, 2.75) is 6.92 Å². The number of nitrogens with zero attached hydrogens (tertiary/aromatic N) is 2. The lowest BCUT2D eigenvalue weighted by Crippen LogP contribution is -2.40. The molecule has 30 heavy (non-hydrogen) atoms. The molecule has 1 saturated heterocycles. The van der Waals surface area contributed by atoms with E-state index in [4.69, 9.17) is 17.0 Å². The van der Waals surface area contributed by atoms with Gasteiger partial charge in [-0.1, -0.05) is 30.1 Å². The van der Waals surface area contributed by atoms with Crippen molar-refractivity contribution in [1.82, 2.24) is 4.90 Å². The van der Waals surface area contributed by atoms with Crippen LogP contribution >= 0.6 is 35.3 Å². The van der Waals surface area contributed by atoms with Gasteiger partial charge in [0.25, 0.3) is 5.91 Å². The number of thiophene rings is 1. The van der Waals surface area contributed by atoms with Crippen LogP contribution in [0.15, 0.2) is 46.0 Å². The van der Waals surface area contributed by atoms with Crippen LogP contribution in [0.25, 0.3) is 0 Å². The van der Waals surface area contributed by atoms with Gasteiger partial charge in [-0.05, 0) is 36.1 Å². The number of carbonyl (C=O) groups excluding carboxylic acids is 2. The Morgan fingerprint density at radius 1 is 1.37 bits per heavy atom. The summed E-state index contributed by atoms with van der Waals surface area (Å²) in [4.78, 5) is 25.9. The van der Waals surface area contributed by atoms with Crippen molar-refractivity contribution >= 4 is 67.3 Å². The van der Waals surface area contributed by atoms with Gasteiger partial charge in [0.2, 0.25) is 10.9 Å². The molecule has 13 heteroatoms. The molecule has 0 aromatic carbocycles. The molecule has 0 N–H and O–H groups in total. The fraction of sp³-hybridized carbons (Fsp3) is 0.235. The van der Waals surface area contributed by atoms with E-state index in [9.17, 15) is 27.7 Å². The molecule has 0 aliphatic carbocycles. The maximum Gasteiger partial charge on any atom is 0.266 e. The van der Waals surface area contributed by atoms with Crippen LogP contribution in [-0.4, -0.2) is 52.9 Å². The topological polar surface area (TPSA) is 130 Å². The van der Waals surface area contributed by atoms with Gasteiger partial charge in [-0.2, -0.15) is 0 Å². The molecule has 0 unspecified atom stereocenters. The lowest BCUT2D eigenvalue weighted by molar-refractivity contribution is -0.305. The third-order valence-corrected chi connectivity index (χ3v) is 6.78. The second-order valence-electron chi connectivity index (χ2n) is 6.16. The second-order valence-corrected chi connectivity index (χ2v) is 10.2. The summed E-state index contributed by atoms with van der Waals surface area (Å²) in [6, 6.07) is 1.76. The molecule has 160 valence electrons. The van der Waals surface area contributed by atoms with E-state index >= 15 is 0 Å². The van der Waals surface area contributed by atoms with Gasteiger partial charge >= 0.3 is 0 Å². The van der Waals surface area contributed by atoms with E-state index < -0.39 is 34.3 Å². The number of aliphatic carboxylic acids is 1. The van der Waals surface area contributed by atoms with E-state index in [0.29, 0.717) is 22.2 Å². The number of anilines is 1. The van der Waals surface area contributed by atoms with Gasteiger partial charge in [0.1, 0.15) is 4.32 Å². The molecule has 1 amide bonds. The van der Waals surface area contributed by atoms with E-state index in [1.54, 1.807) is 41.5 Å². The van der Waals surface area contributed by atoms with Gasteiger partial charge in [-0.15, -0.1) is 11.3 Å². The zero-order valence-corrected chi connectivity index (χ0v) is 18.7. The lowest BCUT2D eigenvalue weighted by atomic mass is 10.2. The van der Waals surface area contributed by atoms with E-state index in [2.05, 4.69) is 0 Å². The van der Waals surface area contributed by atoms with Crippen LogP contribution in [0.1, 0.15) is 6.92 Å². The van der Waals surface area contributed by atoms with Gasteiger partial charge in [0.15, 0.2) is 0 Å². The summed E-state index contributed by atoms with van der Waals surface area (Å²) in [7, 11) is -4.39. The Labute approximate surface area is 186 Å². The fourth-order valence-corrected chi connectivity index (χ4v) is 5.08. The highest BCUT2D eigenvalue weighted by Crippen LogP contribution is 2.43. The molecule has 3 heterocycles. The summed E-state index contributed by atoms with van der Waals surface area (Å²) in [6.07, 6.45) is 4.80. The van der Waals surface area contributed by atoms with Crippen LogP contribution in [0.2, 0.25) is 0 Å². The van der Waals surface area contributed by atoms with Crippen molar-refractivity contribution in [1.29, 1.82) is 0 Å². The summed E-state index contributed by atoms with van der Waals surface area (Å²) >= 11 is 7.35. The fourth-order valence-electron chi connectivity index (χ4n) is 2.61. The summed E-state index contributed by atoms with van der Waals surface area (Å²) in [5, 5.41) is 13.1. The maximum atomic E-state index is 12.3. The first-order valence-corrected chi connectivity index (χ1v) is 12.0. The molecule has 3 rings (SSSR count). The molecule has 0 spiro atoms. The third kappa shape index (κ3) is 5.29. The number of carboxylic acids is 1. The molecule has 1 fully saturated rings. The van der Waals surface area contributed by atoms with E-state index in [1.165, 1.54) is 11.3 Å². The van der Waals surface area contributed by atoms with Gasteiger partial charge in [0, 0.05) is 6.54 Å². The molecule has 0 saturated carbocycles. The van der Waals surface area contributed by atoms with E-state index in [1.807, 2.05) is 0 Å². The number of thioether (sulfide) groups is 1. The average molecular weight is 487 g/mol. The Hall–Kier alpha value is -2.19. The van der Waals surface area contributed by atoms with Crippen LogP contribution in [0.3, 0.4) is 0 Å². The molecule has 0 atom stereocenters. The molecule has 2 aliphatic heterocycles. The van der Waals surface area contributed by atoms with Crippen molar-refractivity contribution in [3.63, 3.8) is 0 Å².